The first-order chi connectivity index (χ1) is 12.2. The molecular weight excluding hydrogens is 320 g/mol. The number of carbonyl (C=O) groups is 1. The third kappa shape index (κ3) is 3.38. The lowest BCUT2D eigenvalue weighted by molar-refractivity contribution is 0.0952. The van der Waals surface area contributed by atoms with Crippen molar-refractivity contribution < 1.29 is 19.0 Å². The largest absolute Gasteiger partial charge is 0.497 e. The van der Waals surface area contributed by atoms with Gasteiger partial charge in [-0.15, -0.1) is 0 Å². The molecule has 1 aromatic heterocycles. The lowest BCUT2D eigenvalue weighted by Crippen LogP contribution is -2.22. The lowest BCUT2D eigenvalue weighted by atomic mass is 10.1. The number of hydrogen-bond donors (Lipinski definition) is 2. The average Bonchev–Trinajstić information content (AvgIpc) is 3.08. The van der Waals surface area contributed by atoms with Crippen molar-refractivity contribution in [2.45, 2.75) is 6.54 Å². The van der Waals surface area contributed by atoms with Crippen molar-refractivity contribution >= 4 is 16.8 Å². The Morgan fingerprint density at radius 3 is 2.52 bits per heavy atom. The van der Waals surface area contributed by atoms with E-state index in [2.05, 4.69) is 10.3 Å². The third-order valence-electron chi connectivity index (χ3n) is 4.03. The van der Waals surface area contributed by atoms with Gasteiger partial charge in [0.05, 0.1) is 26.9 Å². The predicted molar refractivity (Wildman–Crippen MR) is 95.6 cm³/mol. The Labute approximate surface area is 145 Å². The number of nitrogens with one attached hydrogen (secondary N) is 2. The summed E-state index contributed by atoms with van der Waals surface area (Å²) < 4.78 is 15.7. The molecule has 0 radical (unpaired) electrons. The van der Waals surface area contributed by atoms with E-state index in [-0.39, 0.29) is 5.91 Å². The molecule has 0 unspecified atom stereocenters. The van der Waals surface area contributed by atoms with E-state index in [1.165, 1.54) is 0 Å². The SMILES string of the molecule is COc1ccc2c(C(=O)NCc3ccc(OC)c(OC)c3)c[nH]c2c1. The molecule has 0 saturated heterocycles. The standard InChI is InChI=1S/C19H20N2O4/c1-23-13-5-6-14-15(11-20-16(14)9-13)19(22)21-10-12-4-7-17(24-2)18(8-12)25-3/h4-9,11,20H,10H2,1-3H3,(H,21,22). The van der Waals surface area contributed by atoms with Gasteiger partial charge >= 0.3 is 0 Å². The number of fused-ring (bicyclic) bond motifs is 1. The third-order valence-corrected chi connectivity index (χ3v) is 4.03. The predicted octanol–water partition coefficient (Wildman–Crippen LogP) is 3.12. The van der Waals surface area contributed by atoms with E-state index in [9.17, 15) is 4.79 Å². The summed E-state index contributed by atoms with van der Waals surface area (Å²) in [5, 5.41) is 3.78. The number of rotatable bonds is 6. The summed E-state index contributed by atoms with van der Waals surface area (Å²) in [6.45, 7) is 0.391. The van der Waals surface area contributed by atoms with Crippen molar-refractivity contribution in [2.24, 2.45) is 0 Å². The minimum absolute atomic E-state index is 0.147. The van der Waals surface area contributed by atoms with E-state index >= 15 is 0 Å². The number of carbonyl (C=O) groups excluding carboxylic acids is 1. The van der Waals surface area contributed by atoms with Crippen molar-refractivity contribution in [1.82, 2.24) is 10.3 Å². The van der Waals surface area contributed by atoms with E-state index in [1.54, 1.807) is 27.5 Å². The molecule has 130 valence electrons. The van der Waals surface area contributed by atoms with Crippen LogP contribution in [-0.4, -0.2) is 32.2 Å². The molecule has 25 heavy (non-hydrogen) atoms. The van der Waals surface area contributed by atoms with Crippen LogP contribution in [0.25, 0.3) is 10.9 Å². The number of methoxy groups -OCH3 is 3. The quantitative estimate of drug-likeness (QED) is 0.723. The van der Waals surface area contributed by atoms with Gasteiger partial charge in [0.1, 0.15) is 5.75 Å². The van der Waals surface area contributed by atoms with E-state index in [0.29, 0.717) is 23.6 Å². The van der Waals surface area contributed by atoms with Gasteiger partial charge in [0.25, 0.3) is 5.91 Å². The van der Waals surface area contributed by atoms with Crippen LogP contribution in [0.2, 0.25) is 0 Å². The Bertz CT molecular complexity index is 902. The minimum Gasteiger partial charge on any atom is -0.497 e. The number of benzene rings is 2. The first-order valence-corrected chi connectivity index (χ1v) is 7.80. The molecule has 6 heteroatoms. The van der Waals surface area contributed by atoms with Gasteiger partial charge in [-0.25, -0.2) is 0 Å². The normalized spacial score (nSPS) is 10.5. The van der Waals surface area contributed by atoms with Gasteiger partial charge < -0.3 is 24.5 Å². The Kier molecular flexibility index (Phi) is 4.79. The van der Waals surface area contributed by atoms with Gasteiger partial charge in [0.2, 0.25) is 0 Å². The summed E-state index contributed by atoms with van der Waals surface area (Å²) >= 11 is 0. The van der Waals surface area contributed by atoms with Crippen molar-refractivity contribution in [1.29, 1.82) is 0 Å². The smallest absolute Gasteiger partial charge is 0.253 e. The van der Waals surface area contributed by atoms with Gasteiger partial charge in [-0.2, -0.15) is 0 Å². The van der Waals surface area contributed by atoms with Crippen molar-refractivity contribution in [3.8, 4) is 17.2 Å². The van der Waals surface area contributed by atoms with Crippen LogP contribution < -0.4 is 19.5 Å². The maximum atomic E-state index is 12.5. The number of ether oxygens (including phenoxy) is 3. The highest BCUT2D eigenvalue weighted by Crippen LogP contribution is 2.27. The number of hydrogen-bond acceptors (Lipinski definition) is 4. The molecule has 0 aliphatic rings. The molecule has 1 amide bonds. The highest BCUT2D eigenvalue weighted by molar-refractivity contribution is 6.06. The van der Waals surface area contributed by atoms with Gasteiger partial charge in [-0.1, -0.05) is 6.07 Å². The molecule has 0 aliphatic heterocycles. The summed E-state index contributed by atoms with van der Waals surface area (Å²) in [4.78, 5) is 15.6. The van der Waals surface area contributed by atoms with Crippen LogP contribution in [0.1, 0.15) is 15.9 Å². The van der Waals surface area contributed by atoms with E-state index < -0.39 is 0 Å². The summed E-state index contributed by atoms with van der Waals surface area (Å²) in [7, 11) is 4.78. The van der Waals surface area contributed by atoms with Crippen molar-refractivity contribution in [3.63, 3.8) is 0 Å². The Hall–Kier alpha value is -3.15. The summed E-state index contributed by atoms with van der Waals surface area (Å²) in [5.74, 6) is 1.88. The number of aromatic nitrogens is 1. The van der Waals surface area contributed by atoms with Crippen molar-refractivity contribution in [3.05, 3.63) is 53.7 Å². The van der Waals surface area contributed by atoms with Crippen LogP contribution in [0.4, 0.5) is 0 Å². The fourth-order valence-electron chi connectivity index (χ4n) is 2.69. The second kappa shape index (κ2) is 7.17. The molecule has 2 aromatic carbocycles. The summed E-state index contributed by atoms with van der Waals surface area (Å²) in [6, 6.07) is 11.1. The Morgan fingerprint density at radius 2 is 1.80 bits per heavy atom. The fourth-order valence-corrected chi connectivity index (χ4v) is 2.69. The number of H-pyrrole nitrogens is 1. The maximum Gasteiger partial charge on any atom is 0.253 e. The molecular formula is C19H20N2O4. The maximum absolute atomic E-state index is 12.5. The van der Waals surface area contributed by atoms with Crippen LogP contribution in [0.15, 0.2) is 42.6 Å². The summed E-state index contributed by atoms with van der Waals surface area (Å²) in [6.07, 6.45) is 1.70. The number of amides is 1. The van der Waals surface area contributed by atoms with Crippen LogP contribution in [0.3, 0.4) is 0 Å². The topological polar surface area (TPSA) is 72.6 Å². The first kappa shape index (κ1) is 16.7. The molecule has 3 aromatic rings. The average molecular weight is 340 g/mol. The molecule has 3 rings (SSSR count). The molecule has 0 spiro atoms. The monoisotopic (exact) mass is 340 g/mol. The molecule has 0 saturated carbocycles. The lowest BCUT2D eigenvalue weighted by Gasteiger charge is -2.10. The van der Waals surface area contributed by atoms with Gasteiger partial charge in [-0.05, 0) is 29.8 Å². The highest BCUT2D eigenvalue weighted by Gasteiger charge is 2.13. The second-order valence-electron chi connectivity index (χ2n) is 5.49. The van der Waals surface area contributed by atoms with E-state index in [1.807, 2.05) is 36.4 Å². The van der Waals surface area contributed by atoms with E-state index in [0.717, 1.165) is 22.2 Å². The molecule has 0 aliphatic carbocycles. The van der Waals surface area contributed by atoms with Crippen molar-refractivity contribution in [2.75, 3.05) is 21.3 Å². The van der Waals surface area contributed by atoms with Crippen LogP contribution >= 0.6 is 0 Å². The Balaban J connectivity index is 1.75. The van der Waals surface area contributed by atoms with Gasteiger partial charge in [0, 0.05) is 29.7 Å². The highest BCUT2D eigenvalue weighted by atomic mass is 16.5. The second-order valence-corrected chi connectivity index (χ2v) is 5.49. The zero-order chi connectivity index (χ0) is 17.8. The zero-order valence-corrected chi connectivity index (χ0v) is 14.4. The number of aromatic amines is 1. The fraction of sp³-hybridized carbons (Fsp3) is 0.211. The minimum atomic E-state index is -0.147. The molecule has 1 heterocycles. The first-order valence-electron chi connectivity index (χ1n) is 7.80. The van der Waals surface area contributed by atoms with Gasteiger partial charge in [-0.3, -0.25) is 4.79 Å². The molecule has 2 N–H and O–H groups in total. The van der Waals surface area contributed by atoms with Crippen LogP contribution in [0.5, 0.6) is 17.2 Å². The molecule has 0 bridgehead atoms. The van der Waals surface area contributed by atoms with E-state index in [4.69, 9.17) is 14.2 Å². The molecule has 0 atom stereocenters. The Morgan fingerprint density at radius 1 is 1.00 bits per heavy atom. The molecule has 6 nitrogen and oxygen atoms in total. The van der Waals surface area contributed by atoms with Crippen LogP contribution in [0, 0.1) is 0 Å². The summed E-state index contributed by atoms with van der Waals surface area (Å²) in [5.41, 5.74) is 2.38. The zero-order valence-electron chi connectivity index (χ0n) is 14.4. The van der Waals surface area contributed by atoms with Gasteiger partial charge in [0.15, 0.2) is 11.5 Å². The molecule has 0 fully saturated rings. The van der Waals surface area contributed by atoms with Crippen LogP contribution in [-0.2, 0) is 6.54 Å².